The lowest BCUT2D eigenvalue weighted by Gasteiger charge is -2.07. The van der Waals surface area contributed by atoms with Crippen molar-refractivity contribution >= 4 is 23.4 Å². The van der Waals surface area contributed by atoms with E-state index in [2.05, 4.69) is 9.97 Å². The van der Waals surface area contributed by atoms with Crippen molar-refractivity contribution in [1.29, 1.82) is 0 Å². The highest BCUT2D eigenvalue weighted by molar-refractivity contribution is 7.99. The molecule has 0 spiro atoms. The van der Waals surface area contributed by atoms with Crippen LogP contribution >= 0.6 is 23.4 Å². The molecule has 0 fully saturated rings. The predicted molar refractivity (Wildman–Crippen MR) is 73.8 cm³/mol. The Balaban J connectivity index is 2.34. The summed E-state index contributed by atoms with van der Waals surface area (Å²) in [6.45, 7) is 3.68. The summed E-state index contributed by atoms with van der Waals surface area (Å²) in [5.74, 6) is -2.42. The number of hydrogen-bond donors (Lipinski definition) is 0. The fourth-order valence-corrected chi connectivity index (χ4v) is 2.33. The molecular formula is C13H11ClF2N2S. The van der Waals surface area contributed by atoms with Gasteiger partial charge in [-0.2, -0.15) is 8.78 Å². The summed E-state index contributed by atoms with van der Waals surface area (Å²) in [6, 6.07) is 6.68. The molecule has 0 aliphatic rings. The third kappa shape index (κ3) is 3.42. The summed E-state index contributed by atoms with van der Waals surface area (Å²) < 4.78 is 24.4. The van der Waals surface area contributed by atoms with Gasteiger partial charge in [-0.1, -0.05) is 35.5 Å². The first-order valence-electron chi connectivity index (χ1n) is 5.53. The van der Waals surface area contributed by atoms with Crippen LogP contribution in [-0.2, 0) is 0 Å². The number of thioether (sulfide) groups is 1. The first-order chi connectivity index (χ1) is 8.97. The van der Waals surface area contributed by atoms with Crippen molar-refractivity contribution in [2.24, 2.45) is 0 Å². The van der Waals surface area contributed by atoms with E-state index in [0.29, 0.717) is 27.5 Å². The Morgan fingerprint density at radius 2 is 1.63 bits per heavy atom. The number of benzene rings is 1. The van der Waals surface area contributed by atoms with Crippen molar-refractivity contribution in [1.82, 2.24) is 9.97 Å². The molecule has 0 N–H and O–H groups in total. The van der Waals surface area contributed by atoms with Crippen LogP contribution in [0.15, 0.2) is 29.2 Å². The van der Waals surface area contributed by atoms with Gasteiger partial charge in [-0.15, -0.1) is 0 Å². The maximum absolute atomic E-state index is 12.2. The average Bonchev–Trinajstić information content (AvgIpc) is 2.34. The van der Waals surface area contributed by atoms with Crippen molar-refractivity contribution < 1.29 is 8.78 Å². The highest BCUT2D eigenvalue weighted by Crippen LogP contribution is 2.29. The summed E-state index contributed by atoms with van der Waals surface area (Å²) in [7, 11) is 0. The molecule has 0 bridgehead atoms. The van der Waals surface area contributed by atoms with Gasteiger partial charge in [0.1, 0.15) is 5.69 Å². The molecule has 1 aromatic carbocycles. The number of halogens is 3. The van der Waals surface area contributed by atoms with Gasteiger partial charge in [0, 0.05) is 10.5 Å². The van der Waals surface area contributed by atoms with Crippen LogP contribution in [0.5, 0.6) is 0 Å². The van der Waals surface area contributed by atoms with Gasteiger partial charge in [0.25, 0.3) is 5.76 Å². The maximum atomic E-state index is 12.2. The number of nitrogens with zero attached hydrogens (tertiary/aromatic N) is 2. The molecule has 0 amide bonds. The molecule has 19 heavy (non-hydrogen) atoms. The summed E-state index contributed by atoms with van der Waals surface area (Å²) in [5.41, 5.74) is 2.90. The van der Waals surface area contributed by atoms with E-state index in [1.54, 1.807) is 24.3 Å². The molecular weight excluding hydrogens is 290 g/mol. The lowest BCUT2D eigenvalue weighted by molar-refractivity contribution is 0.252. The van der Waals surface area contributed by atoms with Crippen LogP contribution in [0.2, 0.25) is 5.15 Å². The Morgan fingerprint density at radius 3 is 2.21 bits per heavy atom. The zero-order valence-corrected chi connectivity index (χ0v) is 11.9. The van der Waals surface area contributed by atoms with Crippen molar-refractivity contribution in [3.8, 4) is 11.3 Å². The minimum Gasteiger partial charge on any atom is -0.248 e. The van der Waals surface area contributed by atoms with E-state index in [4.69, 9.17) is 11.6 Å². The molecule has 2 nitrogen and oxygen atoms in total. The van der Waals surface area contributed by atoms with E-state index < -0.39 is 5.76 Å². The van der Waals surface area contributed by atoms with E-state index >= 15 is 0 Å². The normalized spacial score (nSPS) is 11.1. The van der Waals surface area contributed by atoms with Gasteiger partial charge in [0.2, 0.25) is 0 Å². The molecule has 6 heteroatoms. The Bertz CT molecular complexity index is 588. The van der Waals surface area contributed by atoms with Crippen LogP contribution in [0.1, 0.15) is 11.4 Å². The molecule has 0 unspecified atom stereocenters. The SMILES string of the molecule is Cc1nc(Cl)c(-c2ccc(SC(F)F)cc2)nc1C. The van der Waals surface area contributed by atoms with Gasteiger partial charge in [-0.3, -0.25) is 0 Å². The van der Waals surface area contributed by atoms with Gasteiger partial charge >= 0.3 is 0 Å². The van der Waals surface area contributed by atoms with Crippen molar-refractivity contribution in [3.63, 3.8) is 0 Å². The van der Waals surface area contributed by atoms with E-state index in [-0.39, 0.29) is 0 Å². The van der Waals surface area contributed by atoms with Crippen LogP contribution in [0, 0.1) is 13.8 Å². The molecule has 1 heterocycles. The Hall–Kier alpha value is -1.20. The minimum atomic E-state index is -2.42. The summed E-state index contributed by atoms with van der Waals surface area (Å²) in [6.07, 6.45) is 0. The average molecular weight is 301 g/mol. The zero-order valence-electron chi connectivity index (χ0n) is 10.3. The molecule has 2 aromatic rings. The number of aromatic nitrogens is 2. The topological polar surface area (TPSA) is 25.8 Å². The Labute approximate surface area is 119 Å². The van der Waals surface area contributed by atoms with Gasteiger partial charge in [-0.05, 0) is 26.0 Å². The third-order valence-corrected chi connectivity index (χ3v) is 3.60. The fraction of sp³-hybridized carbons (Fsp3) is 0.231. The third-order valence-electron chi connectivity index (χ3n) is 2.62. The molecule has 2 rings (SSSR count). The van der Waals surface area contributed by atoms with Gasteiger partial charge in [0.05, 0.1) is 11.4 Å². The number of rotatable bonds is 3. The second-order valence-corrected chi connectivity index (χ2v) is 5.36. The van der Waals surface area contributed by atoms with E-state index in [0.717, 1.165) is 17.0 Å². The number of aryl methyl sites for hydroxylation is 2. The minimum absolute atomic E-state index is 0.317. The van der Waals surface area contributed by atoms with Crippen LogP contribution in [0.25, 0.3) is 11.3 Å². The predicted octanol–water partition coefficient (Wildman–Crippen LogP) is 4.73. The zero-order chi connectivity index (χ0) is 14.0. The quantitative estimate of drug-likeness (QED) is 0.766. The van der Waals surface area contributed by atoms with Gasteiger partial charge in [-0.25, -0.2) is 9.97 Å². The highest BCUT2D eigenvalue weighted by atomic mass is 35.5. The molecule has 100 valence electrons. The van der Waals surface area contributed by atoms with Crippen LogP contribution < -0.4 is 0 Å². The van der Waals surface area contributed by atoms with Crippen molar-refractivity contribution in [2.75, 3.05) is 0 Å². The number of hydrogen-bond acceptors (Lipinski definition) is 3. The fourth-order valence-electron chi connectivity index (χ4n) is 1.55. The van der Waals surface area contributed by atoms with E-state index in [1.165, 1.54) is 0 Å². The molecule has 0 aliphatic heterocycles. The summed E-state index contributed by atoms with van der Waals surface area (Å²) >= 11 is 6.57. The van der Waals surface area contributed by atoms with Gasteiger partial charge in [0.15, 0.2) is 5.15 Å². The van der Waals surface area contributed by atoms with Crippen molar-refractivity contribution in [3.05, 3.63) is 40.8 Å². The van der Waals surface area contributed by atoms with Crippen LogP contribution in [0.3, 0.4) is 0 Å². The molecule has 0 aliphatic carbocycles. The molecule has 0 saturated carbocycles. The standard InChI is InChI=1S/C13H11ClF2N2S/c1-7-8(2)18-12(14)11(17-7)9-3-5-10(6-4-9)19-13(15)16/h3-6,13H,1-2H3. The summed E-state index contributed by atoms with van der Waals surface area (Å²) in [4.78, 5) is 9.09. The Kier molecular flexibility index (Phi) is 4.37. The van der Waals surface area contributed by atoms with E-state index in [1.807, 2.05) is 13.8 Å². The smallest absolute Gasteiger partial charge is 0.248 e. The largest absolute Gasteiger partial charge is 0.288 e. The first-order valence-corrected chi connectivity index (χ1v) is 6.79. The van der Waals surface area contributed by atoms with Crippen molar-refractivity contribution in [2.45, 2.75) is 24.5 Å². The molecule has 1 aromatic heterocycles. The monoisotopic (exact) mass is 300 g/mol. The second kappa shape index (κ2) is 5.84. The molecule has 0 radical (unpaired) electrons. The van der Waals surface area contributed by atoms with Crippen LogP contribution in [-0.4, -0.2) is 15.7 Å². The lowest BCUT2D eigenvalue weighted by Crippen LogP contribution is -1.96. The summed E-state index contributed by atoms with van der Waals surface area (Å²) in [5, 5.41) is 0.317. The molecule has 0 saturated heterocycles. The first kappa shape index (κ1) is 14.2. The second-order valence-electron chi connectivity index (χ2n) is 3.94. The highest BCUT2D eigenvalue weighted by Gasteiger charge is 2.10. The van der Waals surface area contributed by atoms with E-state index in [9.17, 15) is 8.78 Å². The number of alkyl halides is 2. The Morgan fingerprint density at radius 1 is 1.05 bits per heavy atom. The lowest BCUT2D eigenvalue weighted by atomic mass is 10.1. The van der Waals surface area contributed by atoms with Gasteiger partial charge < -0.3 is 0 Å². The van der Waals surface area contributed by atoms with Crippen LogP contribution in [0.4, 0.5) is 8.78 Å². The maximum Gasteiger partial charge on any atom is 0.288 e. The molecule has 0 atom stereocenters.